The van der Waals surface area contributed by atoms with Crippen molar-refractivity contribution in [1.29, 1.82) is 0 Å². The number of nitrogens with zero attached hydrogens (tertiary/aromatic N) is 3. The first-order valence-corrected chi connectivity index (χ1v) is 7.85. The highest BCUT2D eigenvalue weighted by Crippen LogP contribution is 2.37. The van der Waals surface area contributed by atoms with Gasteiger partial charge in [0, 0.05) is 4.88 Å². The van der Waals surface area contributed by atoms with Gasteiger partial charge in [-0.25, -0.2) is 4.98 Å². The molecule has 1 aromatic carbocycles. The zero-order valence-corrected chi connectivity index (χ0v) is 12.0. The molecular weight excluding hydrogens is 282 g/mol. The summed E-state index contributed by atoms with van der Waals surface area (Å²) in [6, 6.07) is 7.58. The third-order valence-electron chi connectivity index (χ3n) is 4.25. The van der Waals surface area contributed by atoms with Crippen molar-refractivity contribution in [3.63, 3.8) is 0 Å². The molecule has 0 fully saturated rings. The Kier molecular flexibility index (Phi) is 2.11. The molecule has 5 rings (SSSR count). The number of hydrogen-bond donors (Lipinski definition) is 0. The Morgan fingerprint density at radius 2 is 2.10 bits per heavy atom. The number of rotatable bonds is 0. The topological polar surface area (TPSA) is 47.3 Å². The van der Waals surface area contributed by atoms with Crippen LogP contribution in [0.15, 0.2) is 35.4 Å². The SMILES string of the molecule is O=c1nc2c3c4c(sc3ncn2c2ccccc12)CCC4. The Balaban J connectivity index is 2.10. The number of para-hydroxylation sites is 1. The van der Waals surface area contributed by atoms with Crippen LogP contribution in [0.5, 0.6) is 0 Å². The highest BCUT2D eigenvalue weighted by Gasteiger charge is 2.21. The lowest BCUT2D eigenvalue weighted by atomic mass is 10.2. The van der Waals surface area contributed by atoms with Crippen LogP contribution in [0.3, 0.4) is 0 Å². The molecule has 0 N–H and O–H groups in total. The highest BCUT2D eigenvalue weighted by molar-refractivity contribution is 7.19. The molecule has 1 aliphatic carbocycles. The van der Waals surface area contributed by atoms with Crippen LogP contribution in [-0.4, -0.2) is 14.4 Å². The van der Waals surface area contributed by atoms with Gasteiger partial charge < -0.3 is 0 Å². The van der Waals surface area contributed by atoms with Crippen molar-refractivity contribution in [2.45, 2.75) is 19.3 Å². The number of fused-ring (bicyclic) bond motifs is 7. The molecule has 4 aromatic rings. The smallest absolute Gasteiger partial charge is 0.281 e. The van der Waals surface area contributed by atoms with E-state index in [-0.39, 0.29) is 5.56 Å². The molecule has 0 saturated heterocycles. The normalized spacial score (nSPS) is 14.3. The molecule has 0 spiro atoms. The monoisotopic (exact) mass is 293 g/mol. The molecule has 4 nitrogen and oxygen atoms in total. The van der Waals surface area contributed by atoms with Gasteiger partial charge in [0.2, 0.25) is 0 Å². The van der Waals surface area contributed by atoms with Crippen molar-refractivity contribution >= 4 is 38.1 Å². The fourth-order valence-electron chi connectivity index (χ4n) is 3.30. The summed E-state index contributed by atoms with van der Waals surface area (Å²) >= 11 is 1.75. The number of benzene rings is 1. The Labute approximate surface area is 123 Å². The highest BCUT2D eigenvalue weighted by atomic mass is 32.1. The van der Waals surface area contributed by atoms with E-state index in [9.17, 15) is 4.79 Å². The molecule has 0 saturated carbocycles. The molecule has 0 unspecified atom stereocenters. The van der Waals surface area contributed by atoms with E-state index in [0.29, 0.717) is 5.39 Å². The van der Waals surface area contributed by atoms with Crippen LogP contribution >= 0.6 is 11.3 Å². The van der Waals surface area contributed by atoms with E-state index in [2.05, 4.69) is 9.97 Å². The van der Waals surface area contributed by atoms with Gasteiger partial charge in [-0.3, -0.25) is 9.20 Å². The van der Waals surface area contributed by atoms with Crippen molar-refractivity contribution in [2.75, 3.05) is 0 Å². The summed E-state index contributed by atoms with van der Waals surface area (Å²) in [5, 5.41) is 1.72. The Morgan fingerprint density at radius 3 is 3.05 bits per heavy atom. The number of hydrogen-bond acceptors (Lipinski definition) is 4. The van der Waals surface area contributed by atoms with E-state index in [1.807, 2.05) is 28.7 Å². The van der Waals surface area contributed by atoms with Gasteiger partial charge in [0.25, 0.3) is 5.56 Å². The quantitative estimate of drug-likeness (QED) is 0.468. The van der Waals surface area contributed by atoms with E-state index in [4.69, 9.17) is 0 Å². The minimum absolute atomic E-state index is 0.156. The molecule has 1 aliphatic rings. The minimum atomic E-state index is -0.156. The van der Waals surface area contributed by atoms with Crippen LogP contribution in [0.1, 0.15) is 16.9 Å². The van der Waals surface area contributed by atoms with Gasteiger partial charge in [0.1, 0.15) is 11.2 Å². The second-order valence-corrected chi connectivity index (χ2v) is 6.49. The fraction of sp³-hybridized carbons (Fsp3) is 0.188. The Hall–Kier alpha value is -2.27. The van der Waals surface area contributed by atoms with Crippen LogP contribution in [0.2, 0.25) is 0 Å². The average molecular weight is 293 g/mol. The van der Waals surface area contributed by atoms with Gasteiger partial charge in [0.05, 0.1) is 16.3 Å². The van der Waals surface area contributed by atoms with Crippen molar-refractivity contribution in [3.8, 4) is 0 Å². The summed E-state index contributed by atoms with van der Waals surface area (Å²) in [4.78, 5) is 23.7. The van der Waals surface area contributed by atoms with Gasteiger partial charge in [-0.1, -0.05) is 12.1 Å². The van der Waals surface area contributed by atoms with Gasteiger partial charge in [-0.05, 0) is 37.0 Å². The molecule has 0 atom stereocenters. The zero-order valence-electron chi connectivity index (χ0n) is 11.2. The van der Waals surface area contributed by atoms with Crippen molar-refractivity contribution in [2.24, 2.45) is 0 Å². The van der Waals surface area contributed by atoms with Crippen LogP contribution in [-0.2, 0) is 12.8 Å². The van der Waals surface area contributed by atoms with Gasteiger partial charge in [-0.15, -0.1) is 11.3 Å². The van der Waals surface area contributed by atoms with Gasteiger partial charge >= 0.3 is 0 Å². The van der Waals surface area contributed by atoms with E-state index in [1.54, 1.807) is 17.7 Å². The summed E-state index contributed by atoms with van der Waals surface area (Å²) < 4.78 is 1.95. The third kappa shape index (κ3) is 1.41. The molecule has 5 heteroatoms. The lowest BCUT2D eigenvalue weighted by molar-refractivity contribution is 0.917. The van der Waals surface area contributed by atoms with Crippen molar-refractivity contribution < 1.29 is 0 Å². The standard InChI is InChI=1S/C16H11N3OS/c20-15-9-4-1-2-6-11(9)19-8-17-16-13(14(19)18-15)10-5-3-7-12(10)21-16/h1-2,4,6,8H,3,5,7H2. The number of aryl methyl sites for hydroxylation is 2. The fourth-order valence-corrected chi connectivity index (χ4v) is 4.53. The Morgan fingerprint density at radius 1 is 1.19 bits per heavy atom. The molecular formula is C16H11N3OS. The summed E-state index contributed by atoms with van der Waals surface area (Å²) in [7, 11) is 0. The largest absolute Gasteiger partial charge is 0.284 e. The first-order chi connectivity index (χ1) is 10.3. The predicted octanol–water partition coefficient (Wildman–Crippen LogP) is 2.95. The van der Waals surface area contributed by atoms with Gasteiger partial charge in [0.15, 0.2) is 5.65 Å². The molecule has 3 aromatic heterocycles. The van der Waals surface area contributed by atoms with E-state index in [0.717, 1.165) is 34.2 Å². The molecule has 0 radical (unpaired) electrons. The number of thiophene rings is 1. The average Bonchev–Trinajstić information content (AvgIpc) is 3.07. The summed E-state index contributed by atoms with van der Waals surface area (Å²) in [5.74, 6) is 0. The molecule has 3 heterocycles. The van der Waals surface area contributed by atoms with Crippen molar-refractivity contribution in [3.05, 3.63) is 51.4 Å². The maximum Gasteiger partial charge on any atom is 0.281 e. The number of aromatic nitrogens is 3. The van der Waals surface area contributed by atoms with E-state index in [1.165, 1.54) is 16.9 Å². The van der Waals surface area contributed by atoms with Gasteiger partial charge in [-0.2, -0.15) is 4.98 Å². The molecule has 0 aliphatic heterocycles. The van der Waals surface area contributed by atoms with E-state index < -0.39 is 0 Å². The van der Waals surface area contributed by atoms with Crippen LogP contribution in [0.4, 0.5) is 0 Å². The molecule has 102 valence electrons. The lowest BCUT2D eigenvalue weighted by Gasteiger charge is -2.06. The molecule has 21 heavy (non-hydrogen) atoms. The predicted molar refractivity (Wildman–Crippen MR) is 84.2 cm³/mol. The lowest BCUT2D eigenvalue weighted by Crippen LogP contribution is -2.11. The summed E-state index contributed by atoms with van der Waals surface area (Å²) in [6.07, 6.45) is 5.17. The van der Waals surface area contributed by atoms with E-state index >= 15 is 0 Å². The second-order valence-electron chi connectivity index (χ2n) is 5.41. The maximum atomic E-state index is 12.3. The molecule has 0 bridgehead atoms. The molecule has 0 amide bonds. The minimum Gasteiger partial charge on any atom is -0.284 e. The maximum absolute atomic E-state index is 12.3. The summed E-state index contributed by atoms with van der Waals surface area (Å²) in [5.41, 5.74) is 2.82. The van der Waals surface area contributed by atoms with Crippen LogP contribution in [0.25, 0.3) is 26.8 Å². The van der Waals surface area contributed by atoms with Crippen LogP contribution in [0, 0.1) is 0 Å². The first kappa shape index (κ1) is 11.4. The second kappa shape index (κ2) is 3.89. The zero-order chi connectivity index (χ0) is 14.0. The summed E-state index contributed by atoms with van der Waals surface area (Å²) in [6.45, 7) is 0. The Bertz CT molecular complexity index is 1090. The third-order valence-corrected chi connectivity index (χ3v) is 5.45. The first-order valence-electron chi connectivity index (χ1n) is 7.03. The van der Waals surface area contributed by atoms with Crippen molar-refractivity contribution in [1.82, 2.24) is 14.4 Å². The van der Waals surface area contributed by atoms with Crippen LogP contribution < -0.4 is 5.56 Å².